The molecule has 3 heterocycles. The van der Waals surface area contributed by atoms with Gasteiger partial charge in [0.25, 0.3) is 0 Å². The third-order valence-corrected chi connectivity index (χ3v) is 6.40. The minimum atomic E-state index is -0.201. The van der Waals surface area contributed by atoms with Crippen LogP contribution < -0.4 is 4.74 Å². The number of nitrogens with zero attached hydrogens (tertiary/aromatic N) is 4. The van der Waals surface area contributed by atoms with Crippen molar-refractivity contribution in [3.63, 3.8) is 0 Å². The third kappa shape index (κ3) is 5.67. The molecule has 3 aromatic heterocycles. The van der Waals surface area contributed by atoms with Crippen LogP contribution in [0.2, 0.25) is 0 Å². The molecule has 7 heteroatoms. The molecule has 0 spiro atoms. The first-order valence-electron chi connectivity index (χ1n) is 13.2. The number of unbranched alkanes of at least 4 members (excludes halogenated alkanes) is 4. The van der Waals surface area contributed by atoms with Gasteiger partial charge < -0.3 is 14.0 Å². The molecule has 0 fully saturated rings. The Bertz CT molecular complexity index is 1270. The first-order valence-corrected chi connectivity index (χ1v) is 13.2. The van der Waals surface area contributed by atoms with Gasteiger partial charge in [-0.3, -0.25) is 9.20 Å². The van der Waals surface area contributed by atoms with E-state index in [2.05, 4.69) is 28.9 Å². The Hall–Kier alpha value is -2.93. The van der Waals surface area contributed by atoms with Gasteiger partial charge in [0.1, 0.15) is 16.9 Å². The van der Waals surface area contributed by atoms with Gasteiger partial charge in [0.2, 0.25) is 0 Å². The molecule has 0 amide bonds. The van der Waals surface area contributed by atoms with Crippen LogP contribution in [0.4, 0.5) is 0 Å². The summed E-state index contributed by atoms with van der Waals surface area (Å²) in [6.07, 6.45) is 10.4. The number of ether oxygens (including phenoxy) is 2. The summed E-state index contributed by atoms with van der Waals surface area (Å²) >= 11 is 0. The van der Waals surface area contributed by atoms with Gasteiger partial charge in [-0.25, -0.2) is 9.97 Å². The summed E-state index contributed by atoms with van der Waals surface area (Å²) in [7, 11) is 0. The van der Waals surface area contributed by atoms with Crippen LogP contribution in [0.5, 0.6) is 5.75 Å². The van der Waals surface area contributed by atoms with Crippen LogP contribution in [-0.4, -0.2) is 38.1 Å². The zero-order chi connectivity index (χ0) is 24.6. The second-order valence-corrected chi connectivity index (χ2v) is 9.11. The highest BCUT2D eigenvalue weighted by Crippen LogP contribution is 2.34. The van der Waals surface area contributed by atoms with Gasteiger partial charge in [0, 0.05) is 38.8 Å². The minimum Gasteiger partial charge on any atom is -0.424 e. The van der Waals surface area contributed by atoms with Gasteiger partial charge in [-0.05, 0) is 38.3 Å². The normalized spacial score (nSPS) is 11.7. The van der Waals surface area contributed by atoms with E-state index in [1.807, 2.05) is 31.3 Å². The van der Waals surface area contributed by atoms with Crippen LogP contribution in [-0.2, 0) is 22.5 Å². The molecular weight excluding hydrogens is 440 g/mol. The molecule has 0 N–H and O–H groups in total. The van der Waals surface area contributed by atoms with E-state index >= 15 is 0 Å². The van der Waals surface area contributed by atoms with Gasteiger partial charge in [-0.2, -0.15) is 0 Å². The van der Waals surface area contributed by atoms with Crippen LogP contribution in [0.25, 0.3) is 27.7 Å². The molecule has 0 aliphatic rings. The second-order valence-electron chi connectivity index (χ2n) is 9.11. The van der Waals surface area contributed by atoms with Gasteiger partial charge in [0.15, 0.2) is 11.4 Å². The quantitative estimate of drug-likeness (QED) is 0.153. The predicted molar refractivity (Wildman–Crippen MR) is 140 cm³/mol. The van der Waals surface area contributed by atoms with Gasteiger partial charge in [0.05, 0.1) is 11.0 Å². The molecule has 0 unspecified atom stereocenters. The number of hydrogen-bond acceptors (Lipinski definition) is 5. The SMILES string of the molecule is CCCCCC(=O)Oc1cn(CCCOCC)c2nc(CCCCC)n3c4ccccc4nc3c12. The molecule has 7 nitrogen and oxygen atoms in total. The fraction of sp³-hybridized carbons (Fsp3) is 0.536. The van der Waals surface area contributed by atoms with E-state index in [0.717, 1.165) is 91.4 Å². The van der Waals surface area contributed by atoms with Crippen molar-refractivity contribution in [3.05, 3.63) is 36.3 Å². The van der Waals surface area contributed by atoms with E-state index < -0.39 is 0 Å². The topological polar surface area (TPSA) is 70.7 Å². The minimum absolute atomic E-state index is 0.201. The maximum Gasteiger partial charge on any atom is 0.311 e. The lowest BCUT2D eigenvalue weighted by atomic mass is 10.2. The Morgan fingerprint density at radius 2 is 1.74 bits per heavy atom. The number of para-hydroxylation sites is 2. The highest BCUT2D eigenvalue weighted by Gasteiger charge is 2.22. The van der Waals surface area contributed by atoms with E-state index in [1.54, 1.807) is 0 Å². The van der Waals surface area contributed by atoms with Crippen LogP contribution in [0, 0.1) is 0 Å². The number of aromatic nitrogens is 4. The summed E-state index contributed by atoms with van der Waals surface area (Å²) in [6.45, 7) is 8.47. The molecule has 0 aliphatic heterocycles. The number of aryl methyl sites for hydroxylation is 2. The van der Waals surface area contributed by atoms with Crippen molar-refractivity contribution in [1.82, 2.24) is 18.9 Å². The Morgan fingerprint density at radius 3 is 2.54 bits per heavy atom. The number of benzene rings is 1. The molecule has 1 aromatic carbocycles. The van der Waals surface area contributed by atoms with Gasteiger partial charge >= 0.3 is 5.97 Å². The number of carbonyl (C=O) groups excluding carboxylic acids is 1. The summed E-state index contributed by atoms with van der Waals surface area (Å²) in [5, 5.41) is 0.806. The lowest BCUT2D eigenvalue weighted by Gasteiger charge is -2.10. The van der Waals surface area contributed by atoms with Crippen LogP contribution in [0.15, 0.2) is 30.5 Å². The number of hydrogen-bond donors (Lipinski definition) is 0. The summed E-state index contributed by atoms with van der Waals surface area (Å²) < 4.78 is 15.8. The predicted octanol–water partition coefficient (Wildman–Crippen LogP) is 6.48. The molecule has 0 atom stereocenters. The summed E-state index contributed by atoms with van der Waals surface area (Å²) in [5.41, 5.74) is 3.59. The van der Waals surface area contributed by atoms with Crippen molar-refractivity contribution in [2.24, 2.45) is 0 Å². The standard InChI is InChI=1S/C28H38N4O3/c1-4-7-9-16-24-30-27-26(28-29-21-14-11-12-15-22(21)32(24)28)23(35-25(33)17-10-8-5-2)20-31(27)18-13-19-34-6-3/h11-12,14-15,20H,4-10,13,16-19H2,1-3H3. The van der Waals surface area contributed by atoms with Crippen LogP contribution >= 0.6 is 0 Å². The molecule has 0 radical (unpaired) electrons. The summed E-state index contributed by atoms with van der Waals surface area (Å²) in [6, 6.07) is 8.15. The number of rotatable bonds is 14. The molecule has 4 aromatic rings. The second kappa shape index (κ2) is 12.2. The van der Waals surface area contributed by atoms with E-state index in [0.29, 0.717) is 25.4 Å². The molecule has 0 saturated carbocycles. The van der Waals surface area contributed by atoms with Crippen molar-refractivity contribution in [2.45, 2.75) is 85.1 Å². The zero-order valence-electron chi connectivity index (χ0n) is 21.4. The number of fused-ring (bicyclic) bond motifs is 5. The number of carbonyl (C=O) groups is 1. The van der Waals surface area contributed by atoms with Crippen molar-refractivity contribution < 1.29 is 14.3 Å². The maximum absolute atomic E-state index is 12.7. The highest BCUT2D eigenvalue weighted by molar-refractivity contribution is 6.00. The van der Waals surface area contributed by atoms with Crippen LogP contribution in [0.1, 0.15) is 78.0 Å². The Kier molecular flexibility index (Phi) is 8.74. The third-order valence-electron chi connectivity index (χ3n) is 6.40. The number of imidazole rings is 1. The molecule has 0 saturated heterocycles. The first kappa shape index (κ1) is 25.2. The average Bonchev–Trinajstić information content (AvgIpc) is 3.40. The van der Waals surface area contributed by atoms with E-state index in [4.69, 9.17) is 19.4 Å². The smallest absolute Gasteiger partial charge is 0.311 e. The van der Waals surface area contributed by atoms with E-state index in [9.17, 15) is 4.79 Å². The lowest BCUT2D eigenvalue weighted by molar-refractivity contribution is -0.134. The van der Waals surface area contributed by atoms with Crippen molar-refractivity contribution >= 4 is 33.7 Å². The zero-order valence-corrected chi connectivity index (χ0v) is 21.4. The molecule has 0 aliphatic carbocycles. The van der Waals surface area contributed by atoms with Crippen molar-refractivity contribution in [3.8, 4) is 5.75 Å². The van der Waals surface area contributed by atoms with Crippen molar-refractivity contribution in [2.75, 3.05) is 13.2 Å². The van der Waals surface area contributed by atoms with Crippen LogP contribution in [0.3, 0.4) is 0 Å². The molecule has 188 valence electrons. The monoisotopic (exact) mass is 478 g/mol. The fourth-order valence-corrected chi connectivity index (χ4v) is 4.60. The summed E-state index contributed by atoms with van der Waals surface area (Å²) in [5.74, 6) is 1.35. The van der Waals surface area contributed by atoms with Gasteiger partial charge in [-0.15, -0.1) is 0 Å². The first-order chi connectivity index (χ1) is 17.2. The maximum atomic E-state index is 12.7. The molecule has 35 heavy (non-hydrogen) atoms. The fourth-order valence-electron chi connectivity index (χ4n) is 4.60. The van der Waals surface area contributed by atoms with Gasteiger partial charge in [-0.1, -0.05) is 51.7 Å². The molecule has 0 bridgehead atoms. The lowest BCUT2D eigenvalue weighted by Crippen LogP contribution is -2.08. The highest BCUT2D eigenvalue weighted by atomic mass is 16.5. The number of esters is 1. The Balaban J connectivity index is 1.83. The van der Waals surface area contributed by atoms with Crippen molar-refractivity contribution in [1.29, 1.82) is 0 Å². The molecular formula is C28H38N4O3. The largest absolute Gasteiger partial charge is 0.424 e. The average molecular weight is 479 g/mol. The molecule has 4 rings (SSSR count). The summed E-state index contributed by atoms with van der Waals surface area (Å²) in [4.78, 5) is 22.8. The Morgan fingerprint density at radius 1 is 0.943 bits per heavy atom. The van der Waals surface area contributed by atoms with E-state index in [-0.39, 0.29) is 5.97 Å². The Labute approximate surface area is 207 Å². The van der Waals surface area contributed by atoms with E-state index in [1.165, 1.54) is 0 Å².